The zero-order chi connectivity index (χ0) is 19.5. The number of rotatable bonds is 19. The van der Waals surface area contributed by atoms with Crippen molar-refractivity contribution in [1.29, 1.82) is 0 Å². The van der Waals surface area contributed by atoms with Crippen LogP contribution in [-0.4, -0.2) is 46.8 Å². The largest absolute Gasteiger partial charge is 0.395 e. The first-order valence-electron chi connectivity index (χ1n) is 11.2. The molecule has 156 valence electrons. The Morgan fingerprint density at radius 1 is 0.808 bits per heavy atom. The van der Waals surface area contributed by atoms with Gasteiger partial charge >= 0.3 is 0 Å². The van der Waals surface area contributed by atoms with Crippen LogP contribution in [0.4, 0.5) is 0 Å². The van der Waals surface area contributed by atoms with Crippen LogP contribution >= 0.6 is 0 Å². The summed E-state index contributed by atoms with van der Waals surface area (Å²) in [6, 6.07) is 0. The fraction of sp³-hybridized carbons (Fsp3) is 0.955. The summed E-state index contributed by atoms with van der Waals surface area (Å²) in [5, 5.41) is 18.8. The number of hydrogen-bond donors (Lipinski definition) is 2. The van der Waals surface area contributed by atoms with E-state index in [2.05, 4.69) is 6.92 Å². The molecule has 0 rings (SSSR count). The van der Waals surface area contributed by atoms with Crippen molar-refractivity contribution in [3.05, 3.63) is 0 Å². The van der Waals surface area contributed by atoms with Gasteiger partial charge in [0.05, 0.1) is 12.7 Å². The Hall–Kier alpha value is -0.610. The van der Waals surface area contributed by atoms with E-state index in [4.69, 9.17) is 5.11 Å². The van der Waals surface area contributed by atoms with E-state index in [1.54, 1.807) is 4.90 Å². The second-order valence-electron chi connectivity index (χ2n) is 7.62. The van der Waals surface area contributed by atoms with Gasteiger partial charge < -0.3 is 15.1 Å². The molecule has 4 heteroatoms. The molecule has 1 amide bonds. The van der Waals surface area contributed by atoms with Crippen LogP contribution in [-0.2, 0) is 4.79 Å². The van der Waals surface area contributed by atoms with Crippen LogP contribution in [0.2, 0.25) is 0 Å². The molecular formula is C22H45NO3. The quantitative estimate of drug-likeness (QED) is 0.312. The number of unbranched alkanes of at least 4 members (excludes halogenated alkanes) is 12. The first kappa shape index (κ1) is 25.4. The average Bonchev–Trinajstić information content (AvgIpc) is 2.64. The van der Waals surface area contributed by atoms with Crippen LogP contribution in [0, 0.1) is 0 Å². The molecule has 0 aromatic heterocycles. The Kier molecular flexibility index (Phi) is 18.7. The molecule has 0 spiro atoms. The maximum atomic E-state index is 12.2. The van der Waals surface area contributed by atoms with Gasteiger partial charge in [0, 0.05) is 19.5 Å². The maximum Gasteiger partial charge on any atom is 0.222 e. The molecule has 1 atom stereocenters. The predicted octanol–water partition coefficient (Wildman–Crippen LogP) is 5.06. The number of carbonyl (C=O) groups excluding carboxylic acids is 1. The third-order valence-electron chi connectivity index (χ3n) is 5.12. The summed E-state index contributed by atoms with van der Waals surface area (Å²) in [5.41, 5.74) is 0. The van der Waals surface area contributed by atoms with E-state index in [1.807, 2.05) is 6.92 Å². The highest BCUT2D eigenvalue weighted by molar-refractivity contribution is 5.76. The molecule has 0 aliphatic heterocycles. The molecule has 0 bridgehead atoms. The zero-order valence-electron chi connectivity index (χ0n) is 17.6. The molecule has 0 aliphatic carbocycles. The van der Waals surface area contributed by atoms with Gasteiger partial charge in [-0.3, -0.25) is 4.79 Å². The van der Waals surface area contributed by atoms with E-state index in [0.717, 1.165) is 12.8 Å². The van der Waals surface area contributed by atoms with Gasteiger partial charge in [0.2, 0.25) is 5.91 Å². The second-order valence-corrected chi connectivity index (χ2v) is 7.62. The molecule has 26 heavy (non-hydrogen) atoms. The van der Waals surface area contributed by atoms with Crippen LogP contribution in [0.5, 0.6) is 0 Å². The van der Waals surface area contributed by atoms with Crippen molar-refractivity contribution in [2.75, 3.05) is 19.7 Å². The number of aliphatic hydroxyl groups excluding tert-OH is 2. The Morgan fingerprint density at radius 2 is 1.27 bits per heavy atom. The van der Waals surface area contributed by atoms with Crippen LogP contribution in [0.15, 0.2) is 0 Å². The van der Waals surface area contributed by atoms with Crippen molar-refractivity contribution in [2.24, 2.45) is 0 Å². The molecular weight excluding hydrogens is 326 g/mol. The molecule has 0 aliphatic rings. The van der Waals surface area contributed by atoms with E-state index in [0.29, 0.717) is 25.9 Å². The van der Waals surface area contributed by atoms with Crippen LogP contribution < -0.4 is 0 Å². The van der Waals surface area contributed by atoms with Gasteiger partial charge in [-0.2, -0.15) is 0 Å². The summed E-state index contributed by atoms with van der Waals surface area (Å²) >= 11 is 0. The number of nitrogens with zero attached hydrogens (tertiary/aromatic N) is 1. The average molecular weight is 372 g/mol. The molecule has 0 saturated carbocycles. The smallest absolute Gasteiger partial charge is 0.222 e. The molecule has 0 saturated heterocycles. The minimum absolute atomic E-state index is 0.0409. The monoisotopic (exact) mass is 371 g/mol. The highest BCUT2D eigenvalue weighted by Crippen LogP contribution is 2.13. The lowest BCUT2D eigenvalue weighted by Gasteiger charge is -2.24. The summed E-state index contributed by atoms with van der Waals surface area (Å²) in [6.45, 7) is 4.79. The summed E-state index contributed by atoms with van der Waals surface area (Å²) in [7, 11) is 0. The first-order chi connectivity index (χ1) is 12.7. The number of hydrogen-bond acceptors (Lipinski definition) is 3. The van der Waals surface area contributed by atoms with Crippen molar-refractivity contribution >= 4 is 5.91 Å². The standard InChI is InChI=1S/C22H45NO3/c1-3-5-6-7-8-9-10-11-12-13-14-15-16-17-22(26)23(18-19-24)20-21(25)4-2/h21,24-25H,3-20H2,1-2H3. The number of amides is 1. The van der Waals surface area contributed by atoms with E-state index >= 15 is 0 Å². The predicted molar refractivity (Wildman–Crippen MR) is 110 cm³/mol. The topological polar surface area (TPSA) is 60.8 Å². The Balaban J connectivity index is 3.51. The fourth-order valence-electron chi connectivity index (χ4n) is 3.27. The molecule has 0 aromatic carbocycles. The first-order valence-corrected chi connectivity index (χ1v) is 11.2. The van der Waals surface area contributed by atoms with Crippen molar-refractivity contribution in [3.63, 3.8) is 0 Å². The summed E-state index contributed by atoms with van der Waals surface area (Å²) in [4.78, 5) is 13.8. The molecule has 2 N–H and O–H groups in total. The molecule has 1 unspecified atom stereocenters. The lowest BCUT2D eigenvalue weighted by Crippen LogP contribution is -2.39. The zero-order valence-corrected chi connectivity index (χ0v) is 17.6. The maximum absolute atomic E-state index is 12.2. The molecule has 0 radical (unpaired) electrons. The Labute approximate surface area is 162 Å². The van der Waals surface area contributed by atoms with Gasteiger partial charge in [-0.15, -0.1) is 0 Å². The fourth-order valence-corrected chi connectivity index (χ4v) is 3.27. The van der Waals surface area contributed by atoms with E-state index in [-0.39, 0.29) is 12.5 Å². The van der Waals surface area contributed by atoms with Gasteiger partial charge in [0.25, 0.3) is 0 Å². The van der Waals surface area contributed by atoms with Crippen LogP contribution in [0.1, 0.15) is 110 Å². The third-order valence-corrected chi connectivity index (χ3v) is 5.12. The Bertz CT molecular complexity index is 310. The van der Waals surface area contributed by atoms with Gasteiger partial charge in [-0.1, -0.05) is 90.9 Å². The van der Waals surface area contributed by atoms with Gasteiger partial charge in [-0.25, -0.2) is 0 Å². The number of aliphatic hydroxyl groups is 2. The molecule has 4 nitrogen and oxygen atoms in total. The molecule has 0 aromatic rings. The minimum Gasteiger partial charge on any atom is -0.395 e. The minimum atomic E-state index is -0.489. The van der Waals surface area contributed by atoms with Crippen molar-refractivity contribution in [2.45, 2.75) is 116 Å². The molecule has 0 heterocycles. The summed E-state index contributed by atoms with van der Waals surface area (Å²) in [6.07, 6.45) is 17.6. The van der Waals surface area contributed by atoms with Gasteiger partial charge in [0.15, 0.2) is 0 Å². The highest BCUT2D eigenvalue weighted by Gasteiger charge is 2.15. The normalized spacial score (nSPS) is 12.3. The number of carbonyl (C=O) groups is 1. The summed E-state index contributed by atoms with van der Waals surface area (Å²) in [5.74, 6) is 0.0645. The lowest BCUT2D eigenvalue weighted by molar-refractivity contribution is -0.133. The van der Waals surface area contributed by atoms with E-state index < -0.39 is 6.10 Å². The summed E-state index contributed by atoms with van der Waals surface area (Å²) < 4.78 is 0. The SMILES string of the molecule is CCCCCCCCCCCCCCCC(=O)N(CCO)CC(O)CC. The molecule has 0 fully saturated rings. The van der Waals surface area contributed by atoms with Crippen LogP contribution in [0.25, 0.3) is 0 Å². The second kappa shape index (κ2) is 19.2. The Morgan fingerprint density at radius 3 is 1.69 bits per heavy atom. The van der Waals surface area contributed by atoms with Crippen molar-refractivity contribution in [1.82, 2.24) is 4.90 Å². The van der Waals surface area contributed by atoms with Crippen molar-refractivity contribution < 1.29 is 15.0 Å². The van der Waals surface area contributed by atoms with Crippen LogP contribution in [0.3, 0.4) is 0 Å². The van der Waals surface area contributed by atoms with Gasteiger partial charge in [0.1, 0.15) is 0 Å². The van der Waals surface area contributed by atoms with E-state index in [1.165, 1.54) is 70.6 Å². The third kappa shape index (κ3) is 15.6. The van der Waals surface area contributed by atoms with Gasteiger partial charge in [-0.05, 0) is 12.8 Å². The lowest BCUT2D eigenvalue weighted by atomic mass is 10.0. The van der Waals surface area contributed by atoms with E-state index in [9.17, 15) is 9.90 Å². The highest BCUT2D eigenvalue weighted by atomic mass is 16.3. The van der Waals surface area contributed by atoms with Crippen molar-refractivity contribution in [3.8, 4) is 0 Å².